The highest BCUT2D eigenvalue weighted by atomic mass is 32.2. The van der Waals surface area contributed by atoms with Crippen LogP contribution >= 0.6 is 0 Å². The quantitative estimate of drug-likeness (QED) is 0.682. The molecule has 0 fully saturated rings. The number of amides is 1. The van der Waals surface area contributed by atoms with Crippen molar-refractivity contribution in [1.29, 1.82) is 0 Å². The number of carbonyl (C=O) groups excluding carboxylic acids is 1. The summed E-state index contributed by atoms with van der Waals surface area (Å²) in [5.41, 5.74) is 4.28. The van der Waals surface area contributed by atoms with E-state index >= 15 is 0 Å². The van der Waals surface area contributed by atoms with Crippen LogP contribution in [0.3, 0.4) is 0 Å². The number of nitrogens with one attached hydrogen (secondary N) is 2. The van der Waals surface area contributed by atoms with Crippen LogP contribution in [-0.2, 0) is 22.9 Å². The topological polar surface area (TPSA) is 75.3 Å². The molecular weight excluding hydrogens is 372 g/mol. The van der Waals surface area contributed by atoms with E-state index in [9.17, 15) is 13.2 Å². The van der Waals surface area contributed by atoms with Crippen LogP contribution in [0.15, 0.2) is 77.7 Å². The molecule has 142 valence electrons. The lowest BCUT2D eigenvalue weighted by Gasteiger charge is -2.10. The molecule has 0 radical (unpaired) electrons. The zero-order valence-electron chi connectivity index (χ0n) is 15.2. The van der Waals surface area contributed by atoms with Gasteiger partial charge in [-0.1, -0.05) is 24.3 Å². The molecule has 1 amide bonds. The normalized spacial score (nSPS) is 13.0. The SMILES string of the molecule is O=C(Nc1ccc2c(c1)CCC2)c1ccc(S(=O)(=O)Nc2ccccc2)cc1. The molecular formula is C22H20N2O3S. The second kappa shape index (κ2) is 7.48. The highest BCUT2D eigenvalue weighted by Crippen LogP contribution is 2.25. The highest BCUT2D eigenvalue weighted by molar-refractivity contribution is 7.92. The molecule has 0 unspecified atom stereocenters. The largest absolute Gasteiger partial charge is 0.322 e. The maximum absolute atomic E-state index is 12.5. The zero-order chi connectivity index (χ0) is 19.6. The van der Waals surface area contributed by atoms with Gasteiger partial charge in [0.25, 0.3) is 15.9 Å². The third kappa shape index (κ3) is 3.92. The van der Waals surface area contributed by atoms with Gasteiger partial charge >= 0.3 is 0 Å². The van der Waals surface area contributed by atoms with Crippen LogP contribution in [-0.4, -0.2) is 14.3 Å². The zero-order valence-corrected chi connectivity index (χ0v) is 16.0. The van der Waals surface area contributed by atoms with Crippen molar-refractivity contribution in [2.75, 3.05) is 10.0 Å². The first kappa shape index (κ1) is 18.3. The first-order valence-electron chi connectivity index (χ1n) is 9.12. The van der Waals surface area contributed by atoms with Crippen molar-refractivity contribution < 1.29 is 13.2 Å². The molecule has 3 aromatic rings. The van der Waals surface area contributed by atoms with Gasteiger partial charge in [-0.25, -0.2) is 8.42 Å². The molecule has 2 N–H and O–H groups in total. The van der Waals surface area contributed by atoms with E-state index in [0.717, 1.165) is 24.9 Å². The van der Waals surface area contributed by atoms with E-state index in [0.29, 0.717) is 11.3 Å². The molecule has 3 aromatic carbocycles. The summed E-state index contributed by atoms with van der Waals surface area (Å²) in [6, 6.07) is 20.6. The lowest BCUT2D eigenvalue weighted by Crippen LogP contribution is -2.15. The maximum Gasteiger partial charge on any atom is 0.261 e. The Morgan fingerprint density at radius 1 is 0.786 bits per heavy atom. The summed E-state index contributed by atoms with van der Waals surface area (Å²) < 4.78 is 27.5. The molecule has 0 aromatic heterocycles. The lowest BCUT2D eigenvalue weighted by molar-refractivity contribution is 0.102. The van der Waals surface area contributed by atoms with Gasteiger partial charge in [-0.2, -0.15) is 0 Å². The highest BCUT2D eigenvalue weighted by Gasteiger charge is 2.16. The van der Waals surface area contributed by atoms with Crippen LogP contribution in [0, 0.1) is 0 Å². The third-order valence-corrected chi connectivity index (χ3v) is 6.21. The van der Waals surface area contributed by atoms with Gasteiger partial charge in [0.1, 0.15) is 0 Å². The maximum atomic E-state index is 12.5. The number of hydrogen-bond acceptors (Lipinski definition) is 3. The van der Waals surface area contributed by atoms with Crippen molar-refractivity contribution in [1.82, 2.24) is 0 Å². The summed E-state index contributed by atoms with van der Waals surface area (Å²) in [5, 5.41) is 2.88. The van der Waals surface area contributed by atoms with Crippen LogP contribution < -0.4 is 10.0 Å². The van der Waals surface area contributed by atoms with Crippen molar-refractivity contribution in [2.45, 2.75) is 24.2 Å². The standard InChI is InChI=1S/C22H20N2O3S/c25-22(23-20-12-9-16-5-4-6-18(16)15-20)17-10-13-21(14-11-17)28(26,27)24-19-7-2-1-3-8-19/h1-3,7-15,24H,4-6H2,(H,23,25). The molecule has 1 aliphatic carbocycles. The van der Waals surface area contributed by atoms with E-state index in [1.165, 1.54) is 35.4 Å². The van der Waals surface area contributed by atoms with Crippen LogP contribution in [0.25, 0.3) is 0 Å². The first-order chi connectivity index (χ1) is 13.5. The molecule has 4 rings (SSSR count). The van der Waals surface area contributed by atoms with Gasteiger partial charge < -0.3 is 5.32 Å². The van der Waals surface area contributed by atoms with E-state index in [-0.39, 0.29) is 10.8 Å². The van der Waals surface area contributed by atoms with E-state index in [1.807, 2.05) is 18.2 Å². The van der Waals surface area contributed by atoms with Crippen LogP contribution in [0.2, 0.25) is 0 Å². The van der Waals surface area contributed by atoms with Crippen molar-refractivity contribution in [2.24, 2.45) is 0 Å². The van der Waals surface area contributed by atoms with E-state index < -0.39 is 10.0 Å². The Morgan fingerprint density at radius 2 is 1.50 bits per heavy atom. The van der Waals surface area contributed by atoms with Crippen molar-refractivity contribution in [3.63, 3.8) is 0 Å². The molecule has 0 saturated heterocycles. The minimum Gasteiger partial charge on any atom is -0.322 e. The number of sulfonamides is 1. The Kier molecular flexibility index (Phi) is 4.88. The van der Waals surface area contributed by atoms with E-state index in [1.54, 1.807) is 24.3 Å². The second-order valence-corrected chi connectivity index (χ2v) is 8.47. The van der Waals surface area contributed by atoms with Gasteiger partial charge in [-0.3, -0.25) is 9.52 Å². The number of para-hydroxylation sites is 1. The number of rotatable bonds is 5. The molecule has 0 bridgehead atoms. The van der Waals surface area contributed by atoms with Gasteiger partial charge in [0.15, 0.2) is 0 Å². The van der Waals surface area contributed by atoms with Crippen LogP contribution in [0.5, 0.6) is 0 Å². The molecule has 0 atom stereocenters. The summed E-state index contributed by atoms with van der Waals surface area (Å²) in [5.74, 6) is -0.266. The molecule has 0 heterocycles. The van der Waals surface area contributed by atoms with Crippen LogP contribution in [0.1, 0.15) is 27.9 Å². The van der Waals surface area contributed by atoms with Gasteiger partial charge in [0, 0.05) is 16.9 Å². The lowest BCUT2D eigenvalue weighted by atomic mass is 10.1. The third-order valence-electron chi connectivity index (χ3n) is 4.81. The molecule has 1 aliphatic rings. The minimum atomic E-state index is -3.70. The molecule has 0 aliphatic heterocycles. The summed E-state index contributed by atoms with van der Waals surface area (Å²) in [7, 11) is -3.70. The van der Waals surface area contributed by atoms with Gasteiger partial charge in [0.2, 0.25) is 0 Å². The first-order valence-corrected chi connectivity index (χ1v) is 10.6. The number of aryl methyl sites for hydroxylation is 2. The Hall–Kier alpha value is -3.12. The predicted octanol–water partition coefficient (Wildman–Crippen LogP) is 4.23. The minimum absolute atomic E-state index is 0.102. The van der Waals surface area contributed by atoms with Crippen molar-refractivity contribution in [3.05, 3.63) is 89.5 Å². The Morgan fingerprint density at radius 3 is 2.25 bits per heavy atom. The second-order valence-electron chi connectivity index (χ2n) is 6.79. The molecule has 28 heavy (non-hydrogen) atoms. The van der Waals surface area contributed by atoms with Crippen molar-refractivity contribution in [3.8, 4) is 0 Å². The Bertz CT molecular complexity index is 1110. The molecule has 6 heteroatoms. The van der Waals surface area contributed by atoms with Crippen LogP contribution in [0.4, 0.5) is 11.4 Å². The summed E-state index contributed by atoms with van der Waals surface area (Å²) in [4.78, 5) is 12.6. The summed E-state index contributed by atoms with van der Waals surface area (Å²) in [6.45, 7) is 0. The number of anilines is 2. The number of fused-ring (bicyclic) bond motifs is 1. The number of hydrogen-bond donors (Lipinski definition) is 2. The van der Waals surface area contributed by atoms with Gasteiger partial charge in [-0.05, 0) is 78.9 Å². The van der Waals surface area contributed by atoms with Gasteiger partial charge in [-0.15, -0.1) is 0 Å². The Balaban J connectivity index is 1.47. The summed E-state index contributed by atoms with van der Waals surface area (Å²) in [6.07, 6.45) is 3.29. The molecule has 0 saturated carbocycles. The number of benzene rings is 3. The fourth-order valence-electron chi connectivity index (χ4n) is 3.36. The fourth-order valence-corrected chi connectivity index (χ4v) is 4.42. The molecule has 5 nitrogen and oxygen atoms in total. The van der Waals surface area contributed by atoms with E-state index in [2.05, 4.69) is 16.1 Å². The van der Waals surface area contributed by atoms with E-state index in [4.69, 9.17) is 0 Å². The Labute approximate surface area is 164 Å². The average molecular weight is 392 g/mol. The predicted molar refractivity (Wildman–Crippen MR) is 110 cm³/mol. The fraction of sp³-hybridized carbons (Fsp3) is 0.136. The molecule has 0 spiro atoms. The monoisotopic (exact) mass is 392 g/mol. The van der Waals surface area contributed by atoms with Crippen molar-refractivity contribution >= 4 is 27.3 Å². The van der Waals surface area contributed by atoms with Gasteiger partial charge in [0.05, 0.1) is 4.90 Å². The smallest absolute Gasteiger partial charge is 0.261 e. The average Bonchev–Trinajstić information content (AvgIpc) is 3.16. The number of carbonyl (C=O) groups is 1. The summed E-state index contributed by atoms with van der Waals surface area (Å²) >= 11 is 0.